The molecule has 5 heteroatoms. The molecular formula is C17H26O5. The van der Waals surface area contributed by atoms with Crippen LogP contribution in [0.3, 0.4) is 0 Å². The van der Waals surface area contributed by atoms with Gasteiger partial charge in [-0.25, -0.2) is 4.79 Å². The molecule has 1 fully saturated rings. The molecule has 2 N–H and O–H groups in total. The Hall–Kier alpha value is -0.910. The second-order valence-electron chi connectivity index (χ2n) is 7.91. The maximum Gasteiger partial charge on any atom is 0.339 e. The molecule has 0 aromatic heterocycles. The Morgan fingerprint density at radius 3 is 2.59 bits per heavy atom. The van der Waals surface area contributed by atoms with Crippen LogP contribution in [-0.2, 0) is 14.3 Å². The van der Waals surface area contributed by atoms with Crippen LogP contribution < -0.4 is 0 Å². The molecule has 0 saturated heterocycles. The van der Waals surface area contributed by atoms with Crippen LogP contribution in [0.2, 0.25) is 0 Å². The summed E-state index contributed by atoms with van der Waals surface area (Å²) in [6.07, 6.45) is 0.0770. The minimum atomic E-state index is -1.25. The summed E-state index contributed by atoms with van der Waals surface area (Å²) in [5, 5.41) is 20.9. The molecule has 0 unspecified atom stereocenters. The van der Waals surface area contributed by atoms with Crippen LogP contribution in [0.4, 0.5) is 0 Å². The van der Waals surface area contributed by atoms with E-state index >= 15 is 0 Å². The molecule has 3 aliphatic rings. The quantitative estimate of drug-likeness (QED) is 0.760. The van der Waals surface area contributed by atoms with Gasteiger partial charge in [0.15, 0.2) is 0 Å². The highest BCUT2D eigenvalue weighted by Crippen LogP contribution is 2.56. The summed E-state index contributed by atoms with van der Waals surface area (Å²) in [6.45, 7) is 8.93. The summed E-state index contributed by atoms with van der Waals surface area (Å²) in [5.41, 5.74) is 0.373. The molecule has 0 aromatic rings. The highest BCUT2D eigenvalue weighted by atomic mass is 16.6. The van der Waals surface area contributed by atoms with E-state index in [0.717, 1.165) is 12.8 Å². The van der Waals surface area contributed by atoms with E-state index in [1.807, 2.05) is 13.8 Å². The molecule has 1 heterocycles. The monoisotopic (exact) mass is 310 g/mol. The van der Waals surface area contributed by atoms with E-state index < -0.39 is 24.0 Å². The molecule has 3 rings (SSSR count). The van der Waals surface area contributed by atoms with Crippen molar-refractivity contribution in [2.45, 2.75) is 65.0 Å². The Kier molecular flexibility index (Phi) is 3.66. The van der Waals surface area contributed by atoms with E-state index in [9.17, 15) is 15.0 Å². The van der Waals surface area contributed by atoms with Crippen LogP contribution >= 0.6 is 0 Å². The van der Waals surface area contributed by atoms with Crippen molar-refractivity contribution in [3.63, 3.8) is 0 Å². The van der Waals surface area contributed by atoms with Gasteiger partial charge in [-0.15, -0.1) is 0 Å². The summed E-state index contributed by atoms with van der Waals surface area (Å²) < 4.78 is 11.0. The lowest BCUT2D eigenvalue weighted by Crippen LogP contribution is -2.42. The van der Waals surface area contributed by atoms with Crippen molar-refractivity contribution < 1.29 is 24.5 Å². The number of cyclic esters (lactones) is 1. The number of aliphatic hydroxyl groups is 2. The number of carbonyl (C=O) groups is 1. The first-order valence-corrected chi connectivity index (χ1v) is 8.12. The van der Waals surface area contributed by atoms with Gasteiger partial charge in [0, 0.05) is 18.6 Å². The molecule has 5 nitrogen and oxygen atoms in total. The van der Waals surface area contributed by atoms with Crippen LogP contribution in [0.25, 0.3) is 0 Å². The van der Waals surface area contributed by atoms with E-state index in [-0.39, 0.29) is 22.8 Å². The number of esters is 1. The molecule has 22 heavy (non-hydrogen) atoms. The average molecular weight is 310 g/mol. The van der Waals surface area contributed by atoms with Crippen LogP contribution in [-0.4, -0.2) is 40.8 Å². The summed E-state index contributed by atoms with van der Waals surface area (Å²) in [6, 6.07) is 0. The smallest absolute Gasteiger partial charge is 0.339 e. The Morgan fingerprint density at radius 1 is 1.27 bits per heavy atom. The lowest BCUT2D eigenvalue weighted by molar-refractivity contribution is -0.155. The SMILES string of the molecule is CCO[C@@]1(C)CC2=C(C(=O)O[C@@H]2O)[C@@H](O)[C@@H]2CC(C)(C)C[C@@H]21. The maximum absolute atomic E-state index is 12.1. The fourth-order valence-electron chi connectivity index (χ4n) is 4.82. The Morgan fingerprint density at radius 2 is 1.95 bits per heavy atom. The first kappa shape index (κ1) is 16.0. The lowest BCUT2D eigenvalue weighted by Gasteiger charge is -2.39. The topological polar surface area (TPSA) is 76.0 Å². The largest absolute Gasteiger partial charge is 0.428 e. The van der Waals surface area contributed by atoms with Gasteiger partial charge in [-0.3, -0.25) is 0 Å². The minimum Gasteiger partial charge on any atom is -0.428 e. The van der Waals surface area contributed by atoms with Gasteiger partial charge in [0.1, 0.15) is 0 Å². The maximum atomic E-state index is 12.1. The second-order valence-corrected chi connectivity index (χ2v) is 7.91. The molecule has 1 saturated carbocycles. The summed E-state index contributed by atoms with van der Waals surface area (Å²) in [7, 11) is 0. The van der Waals surface area contributed by atoms with Crippen molar-refractivity contribution >= 4 is 5.97 Å². The molecule has 5 atom stereocenters. The zero-order valence-corrected chi connectivity index (χ0v) is 13.8. The van der Waals surface area contributed by atoms with Gasteiger partial charge in [-0.05, 0) is 43.9 Å². The van der Waals surface area contributed by atoms with E-state index in [1.54, 1.807) is 0 Å². The third-order valence-electron chi connectivity index (χ3n) is 5.66. The minimum absolute atomic E-state index is 0.0445. The van der Waals surface area contributed by atoms with Crippen molar-refractivity contribution in [2.75, 3.05) is 6.61 Å². The molecule has 2 aliphatic carbocycles. The summed E-state index contributed by atoms with van der Waals surface area (Å²) in [5.74, 6) is -0.473. The van der Waals surface area contributed by atoms with E-state index in [2.05, 4.69) is 13.8 Å². The standard InChI is InChI=1S/C17H26O5/c1-5-21-17(4)7-10-12(15(20)22-14(10)19)13(18)9-6-16(2,3)8-11(9)17/h9,11,13-14,18-19H,5-8H2,1-4H3/t9-,11+,13+,14+,17+/m1/s1. The van der Waals surface area contributed by atoms with Crippen LogP contribution in [0.5, 0.6) is 0 Å². The van der Waals surface area contributed by atoms with Gasteiger partial charge in [-0.1, -0.05) is 13.8 Å². The molecule has 0 bridgehead atoms. The number of hydrogen-bond acceptors (Lipinski definition) is 5. The van der Waals surface area contributed by atoms with Gasteiger partial charge in [-0.2, -0.15) is 0 Å². The number of hydrogen-bond donors (Lipinski definition) is 2. The van der Waals surface area contributed by atoms with Gasteiger partial charge in [0.2, 0.25) is 6.29 Å². The van der Waals surface area contributed by atoms with E-state index in [4.69, 9.17) is 9.47 Å². The highest BCUT2D eigenvalue weighted by molar-refractivity contribution is 5.93. The van der Waals surface area contributed by atoms with Crippen molar-refractivity contribution in [2.24, 2.45) is 17.3 Å². The molecular weight excluding hydrogens is 284 g/mol. The van der Waals surface area contributed by atoms with Crippen molar-refractivity contribution in [1.82, 2.24) is 0 Å². The molecule has 0 spiro atoms. The van der Waals surface area contributed by atoms with Crippen molar-refractivity contribution in [3.05, 3.63) is 11.1 Å². The van der Waals surface area contributed by atoms with E-state index in [1.165, 1.54) is 0 Å². The van der Waals surface area contributed by atoms with Crippen LogP contribution in [0, 0.1) is 17.3 Å². The Balaban J connectivity index is 2.07. The fraction of sp³-hybridized carbons (Fsp3) is 0.824. The van der Waals surface area contributed by atoms with Gasteiger partial charge < -0.3 is 19.7 Å². The van der Waals surface area contributed by atoms with E-state index in [0.29, 0.717) is 18.6 Å². The highest BCUT2D eigenvalue weighted by Gasteiger charge is 2.57. The number of fused-ring (bicyclic) bond motifs is 1. The first-order chi connectivity index (χ1) is 10.2. The first-order valence-electron chi connectivity index (χ1n) is 8.12. The Bertz CT molecular complexity index is 523. The predicted molar refractivity (Wildman–Crippen MR) is 79.8 cm³/mol. The normalized spacial score (nSPS) is 43.6. The third-order valence-corrected chi connectivity index (χ3v) is 5.66. The molecule has 1 aliphatic heterocycles. The van der Waals surface area contributed by atoms with Gasteiger partial charge >= 0.3 is 5.97 Å². The van der Waals surface area contributed by atoms with Crippen molar-refractivity contribution in [3.8, 4) is 0 Å². The predicted octanol–water partition coefficient (Wildman–Crippen LogP) is 1.77. The zero-order valence-electron chi connectivity index (χ0n) is 13.8. The number of rotatable bonds is 2. The summed E-state index contributed by atoms with van der Waals surface area (Å²) in [4.78, 5) is 12.1. The van der Waals surface area contributed by atoms with Crippen LogP contribution in [0.15, 0.2) is 11.1 Å². The lowest BCUT2D eigenvalue weighted by atomic mass is 9.77. The fourth-order valence-corrected chi connectivity index (χ4v) is 4.82. The molecule has 0 radical (unpaired) electrons. The zero-order chi connectivity index (χ0) is 16.3. The summed E-state index contributed by atoms with van der Waals surface area (Å²) >= 11 is 0. The van der Waals surface area contributed by atoms with Gasteiger partial charge in [0.25, 0.3) is 0 Å². The molecule has 0 amide bonds. The van der Waals surface area contributed by atoms with Crippen LogP contribution in [0.1, 0.15) is 47.0 Å². The van der Waals surface area contributed by atoms with Gasteiger partial charge in [0.05, 0.1) is 17.3 Å². The van der Waals surface area contributed by atoms with Crippen molar-refractivity contribution in [1.29, 1.82) is 0 Å². The number of ether oxygens (including phenoxy) is 2. The molecule has 124 valence electrons. The molecule has 0 aromatic carbocycles. The number of aliphatic hydroxyl groups excluding tert-OH is 2. The third kappa shape index (κ3) is 2.30. The Labute approximate surface area is 131 Å². The average Bonchev–Trinajstić information content (AvgIpc) is 2.84. The second kappa shape index (κ2) is 5.05. The number of carbonyl (C=O) groups excluding carboxylic acids is 1.